The second-order valence-electron chi connectivity index (χ2n) is 4.91. The maximum atomic E-state index is 11.2. The number of benzene rings is 1. The molecule has 102 valence electrons. The van der Waals surface area contributed by atoms with Gasteiger partial charge < -0.3 is 16.4 Å². The number of carbonyl (C=O) groups excluding carboxylic acids is 1. The Morgan fingerprint density at radius 3 is 2.65 bits per heavy atom. The van der Waals surface area contributed by atoms with Gasteiger partial charge in [-0.15, -0.1) is 0 Å². The van der Waals surface area contributed by atoms with E-state index in [1.165, 1.54) is 11.1 Å². The fourth-order valence-electron chi connectivity index (χ4n) is 2.53. The van der Waals surface area contributed by atoms with Crippen LogP contribution >= 0.6 is 0 Å². The summed E-state index contributed by atoms with van der Waals surface area (Å²) in [5, 5.41) is 0. The zero-order chi connectivity index (χ0) is 14.1. The lowest BCUT2D eigenvalue weighted by Gasteiger charge is -2.30. The topological polar surface area (TPSA) is 85.2 Å². The van der Waals surface area contributed by atoms with E-state index in [2.05, 4.69) is 28.1 Å². The number of primary amides is 1. The van der Waals surface area contributed by atoms with Crippen molar-refractivity contribution in [3.63, 3.8) is 0 Å². The van der Waals surface area contributed by atoms with Crippen molar-refractivity contribution in [1.82, 2.24) is 4.98 Å². The summed E-state index contributed by atoms with van der Waals surface area (Å²) < 4.78 is 0. The molecule has 1 amide bonds. The second-order valence-corrected chi connectivity index (χ2v) is 4.91. The van der Waals surface area contributed by atoms with Crippen LogP contribution in [0.1, 0.15) is 21.6 Å². The minimum Gasteiger partial charge on any atom is -0.396 e. The number of anilines is 2. The molecule has 20 heavy (non-hydrogen) atoms. The first kappa shape index (κ1) is 12.5. The van der Waals surface area contributed by atoms with E-state index in [0.717, 1.165) is 19.5 Å². The molecule has 3 rings (SSSR count). The predicted molar refractivity (Wildman–Crippen MR) is 78.4 cm³/mol. The van der Waals surface area contributed by atoms with Crippen molar-refractivity contribution in [1.29, 1.82) is 0 Å². The van der Waals surface area contributed by atoms with E-state index in [1.807, 2.05) is 6.07 Å². The van der Waals surface area contributed by atoms with E-state index in [-0.39, 0.29) is 5.69 Å². The second kappa shape index (κ2) is 4.85. The van der Waals surface area contributed by atoms with Gasteiger partial charge >= 0.3 is 0 Å². The molecule has 0 unspecified atom stereocenters. The van der Waals surface area contributed by atoms with Crippen LogP contribution in [0.2, 0.25) is 0 Å². The summed E-state index contributed by atoms with van der Waals surface area (Å²) in [6.45, 7) is 1.58. The summed E-state index contributed by atoms with van der Waals surface area (Å²) in [5.74, 6) is 0.0967. The molecule has 1 aliphatic rings. The SMILES string of the molecule is NC(=O)c1ccc(N)c(N2CCc3ccccc3C2)n1. The first-order valence-corrected chi connectivity index (χ1v) is 6.53. The Labute approximate surface area is 117 Å². The standard InChI is InChI=1S/C15H16N4O/c16-12-5-6-13(14(17)20)18-15(12)19-8-7-10-3-1-2-4-11(10)9-19/h1-6H,7-9,16H2,(H2,17,20). The minimum absolute atomic E-state index is 0.244. The number of amides is 1. The lowest BCUT2D eigenvalue weighted by Crippen LogP contribution is -2.32. The van der Waals surface area contributed by atoms with Crippen molar-refractivity contribution in [3.8, 4) is 0 Å². The van der Waals surface area contributed by atoms with Crippen molar-refractivity contribution in [2.24, 2.45) is 5.73 Å². The van der Waals surface area contributed by atoms with Gasteiger partial charge in [-0.3, -0.25) is 4.79 Å². The Balaban J connectivity index is 1.95. The van der Waals surface area contributed by atoms with Crippen molar-refractivity contribution in [2.75, 3.05) is 17.2 Å². The summed E-state index contributed by atoms with van der Waals surface area (Å²) in [5.41, 5.74) is 14.7. The van der Waals surface area contributed by atoms with Crippen LogP contribution in [0.5, 0.6) is 0 Å². The highest BCUT2D eigenvalue weighted by molar-refractivity contribution is 5.91. The summed E-state index contributed by atoms with van der Waals surface area (Å²) in [6, 6.07) is 11.6. The third kappa shape index (κ3) is 2.18. The Morgan fingerprint density at radius 2 is 1.90 bits per heavy atom. The molecule has 1 aromatic carbocycles. The number of hydrogen-bond acceptors (Lipinski definition) is 4. The van der Waals surface area contributed by atoms with Gasteiger partial charge in [0.05, 0.1) is 5.69 Å². The van der Waals surface area contributed by atoms with Gasteiger partial charge in [0.15, 0.2) is 5.82 Å². The Bertz CT molecular complexity index is 669. The lowest BCUT2D eigenvalue weighted by molar-refractivity contribution is 0.0995. The van der Waals surface area contributed by atoms with Crippen LogP contribution in [-0.2, 0) is 13.0 Å². The summed E-state index contributed by atoms with van der Waals surface area (Å²) in [6.07, 6.45) is 0.943. The number of fused-ring (bicyclic) bond motifs is 1. The molecule has 5 nitrogen and oxygen atoms in total. The number of hydrogen-bond donors (Lipinski definition) is 2. The van der Waals surface area contributed by atoms with Crippen LogP contribution in [0.25, 0.3) is 0 Å². The van der Waals surface area contributed by atoms with Crippen LogP contribution in [0.15, 0.2) is 36.4 Å². The molecule has 0 bridgehead atoms. The number of nitrogens with two attached hydrogens (primary N) is 2. The van der Waals surface area contributed by atoms with E-state index in [9.17, 15) is 4.79 Å². The average molecular weight is 268 g/mol. The van der Waals surface area contributed by atoms with Crippen molar-refractivity contribution in [2.45, 2.75) is 13.0 Å². The van der Waals surface area contributed by atoms with Gasteiger partial charge in [-0.2, -0.15) is 0 Å². The molecule has 0 atom stereocenters. The van der Waals surface area contributed by atoms with Crippen LogP contribution in [-0.4, -0.2) is 17.4 Å². The van der Waals surface area contributed by atoms with Crippen LogP contribution in [0, 0.1) is 0 Å². The van der Waals surface area contributed by atoms with Crippen molar-refractivity contribution < 1.29 is 4.79 Å². The quantitative estimate of drug-likeness (QED) is 0.860. The fourth-order valence-corrected chi connectivity index (χ4v) is 2.53. The van der Waals surface area contributed by atoms with E-state index in [1.54, 1.807) is 12.1 Å². The van der Waals surface area contributed by atoms with E-state index in [4.69, 9.17) is 11.5 Å². The van der Waals surface area contributed by atoms with Gasteiger partial charge in [-0.25, -0.2) is 4.98 Å². The molecule has 5 heteroatoms. The molecule has 4 N–H and O–H groups in total. The zero-order valence-corrected chi connectivity index (χ0v) is 11.0. The number of pyridine rings is 1. The molecule has 0 spiro atoms. The largest absolute Gasteiger partial charge is 0.396 e. The predicted octanol–water partition coefficient (Wildman–Crippen LogP) is 1.33. The zero-order valence-electron chi connectivity index (χ0n) is 11.0. The third-order valence-corrected chi connectivity index (χ3v) is 3.59. The Hall–Kier alpha value is -2.56. The molecular formula is C15H16N4O. The Morgan fingerprint density at radius 1 is 1.15 bits per heavy atom. The number of rotatable bonds is 2. The van der Waals surface area contributed by atoms with Gasteiger partial charge in [-0.05, 0) is 29.7 Å². The maximum Gasteiger partial charge on any atom is 0.267 e. The van der Waals surface area contributed by atoms with Crippen LogP contribution < -0.4 is 16.4 Å². The van der Waals surface area contributed by atoms with Crippen molar-refractivity contribution in [3.05, 3.63) is 53.2 Å². The van der Waals surface area contributed by atoms with E-state index >= 15 is 0 Å². The van der Waals surface area contributed by atoms with E-state index < -0.39 is 5.91 Å². The monoisotopic (exact) mass is 268 g/mol. The van der Waals surface area contributed by atoms with Crippen LogP contribution in [0.3, 0.4) is 0 Å². The number of aromatic nitrogens is 1. The molecular weight excluding hydrogens is 252 g/mol. The summed E-state index contributed by atoms with van der Waals surface area (Å²) in [7, 11) is 0. The smallest absolute Gasteiger partial charge is 0.267 e. The van der Waals surface area contributed by atoms with Gasteiger partial charge in [0.25, 0.3) is 5.91 Å². The number of nitrogen functional groups attached to an aromatic ring is 1. The molecule has 0 saturated heterocycles. The highest BCUT2D eigenvalue weighted by Crippen LogP contribution is 2.27. The molecule has 0 fully saturated rings. The summed E-state index contributed by atoms with van der Waals surface area (Å²) in [4.78, 5) is 17.6. The number of carbonyl (C=O) groups is 1. The maximum absolute atomic E-state index is 11.2. The first-order chi connectivity index (χ1) is 9.65. The normalized spacial score (nSPS) is 13.9. The van der Waals surface area contributed by atoms with Gasteiger partial charge in [0.1, 0.15) is 5.69 Å². The van der Waals surface area contributed by atoms with Gasteiger partial charge in [0, 0.05) is 13.1 Å². The molecule has 0 saturated carbocycles. The average Bonchev–Trinajstić information content (AvgIpc) is 2.47. The molecule has 0 aliphatic carbocycles. The van der Waals surface area contributed by atoms with Gasteiger partial charge in [0.2, 0.25) is 0 Å². The van der Waals surface area contributed by atoms with Crippen LogP contribution in [0.4, 0.5) is 11.5 Å². The third-order valence-electron chi connectivity index (χ3n) is 3.59. The van der Waals surface area contributed by atoms with Crippen molar-refractivity contribution >= 4 is 17.4 Å². The Kier molecular flexibility index (Phi) is 3.02. The highest BCUT2D eigenvalue weighted by Gasteiger charge is 2.19. The minimum atomic E-state index is -0.538. The summed E-state index contributed by atoms with van der Waals surface area (Å²) >= 11 is 0. The molecule has 2 heterocycles. The number of nitrogens with zero attached hydrogens (tertiary/aromatic N) is 2. The van der Waals surface area contributed by atoms with E-state index in [0.29, 0.717) is 11.5 Å². The van der Waals surface area contributed by atoms with Gasteiger partial charge in [-0.1, -0.05) is 24.3 Å². The first-order valence-electron chi connectivity index (χ1n) is 6.53. The molecule has 0 radical (unpaired) electrons. The molecule has 1 aliphatic heterocycles. The molecule has 1 aromatic heterocycles. The highest BCUT2D eigenvalue weighted by atomic mass is 16.1. The fraction of sp³-hybridized carbons (Fsp3) is 0.200. The lowest BCUT2D eigenvalue weighted by atomic mass is 10.00. The molecule has 2 aromatic rings.